The van der Waals surface area contributed by atoms with Crippen molar-refractivity contribution in [2.75, 3.05) is 6.61 Å². The van der Waals surface area contributed by atoms with Gasteiger partial charge in [-0.25, -0.2) is 4.79 Å². The summed E-state index contributed by atoms with van der Waals surface area (Å²) >= 11 is 0. The Morgan fingerprint density at radius 1 is 1.04 bits per heavy atom. The number of nitrogens with one attached hydrogen (secondary N) is 1. The summed E-state index contributed by atoms with van der Waals surface area (Å²) in [5.74, 6) is 0. The molecule has 0 saturated heterocycles. The molecule has 0 aliphatic rings. The molecule has 2 aromatic carbocycles. The van der Waals surface area contributed by atoms with Crippen molar-refractivity contribution in [2.24, 2.45) is 0 Å². The van der Waals surface area contributed by atoms with E-state index >= 15 is 0 Å². The molecule has 0 heterocycles. The van der Waals surface area contributed by atoms with Gasteiger partial charge >= 0.3 is 6.09 Å². The Balaban J connectivity index is 2.01. The monoisotopic (exact) mass is 355 g/mol. The first-order chi connectivity index (χ1) is 12.2. The summed E-state index contributed by atoms with van der Waals surface area (Å²) in [6.07, 6.45) is -0.443. The predicted octanol–water partition coefficient (Wildman–Crippen LogP) is 5.09. The zero-order valence-corrected chi connectivity index (χ0v) is 16.3. The molecule has 26 heavy (non-hydrogen) atoms. The van der Waals surface area contributed by atoms with E-state index < -0.39 is 11.7 Å². The minimum absolute atomic E-state index is 0.267. The van der Waals surface area contributed by atoms with Crippen molar-refractivity contribution < 1.29 is 14.3 Å². The van der Waals surface area contributed by atoms with Crippen LogP contribution in [0.3, 0.4) is 0 Å². The van der Waals surface area contributed by atoms with Gasteiger partial charge in [-0.2, -0.15) is 0 Å². The van der Waals surface area contributed by atoms with Crippen LogP contribution >= 0.6 is 0 Å². The Hall–Kier alpha value is -2.33. The van der Waals surface area contributed by atoms with Gasteiger partial charge in [0.15, 0.2) is 0 Å². The highest BCUT2D eigenvalue weighted by Gasteiger charge is 2.20. The van der Waals surface area contributed by atoms with E-state index in [0.717, 1.165) is 11.1 Å². The molecular weight excluding hydrogens is 326 g/mol. The third-order valence-corrected chi connectivity index (χ3v) is 3.73. The Kier molecular flexibility index (Phi) is 6.81. The van der Waals surface area contributed by atoms with E-state index in [4.69, 9.17) is 9.47 Å². The van der Waals surface area contributed by atoms with Crippen LogP contribution < -0.4 is 5.32 Å². The SMILES string of the molecule is Cc1cc(C)cc(COC[C@H](NC(=O)OC(C)(C)C)c2ccccc2)c1. The third kappa shape index (κ3) is 6.89. The van der Waals surface area contributed by atoms with E-state index in [1.54, 1.807) is 0 Å². The van der Waals surface area contributed by atoms with Crippen LogP contribution in [0.25, 0.3) is 0 Å². The van der Waals surface area contributed by atoms with E-state index in [1.807, 2.05) is 51.1 Å². The van der Waals surface area contributed by atoms with Gasteiger partial charge in [0.05, 0.1) is 19.3 Å². The number of rotatable bonds is 6. The minimum atomic E-state index is -0.536. The standard InChI is InChI=1S/C22H29NO3/c1-16-11-17(2)13-18(12-16)14-25-15-20(19-9-7-6-8-10-19)23-21(24)26-22(3,4)5/h6-13,20H,14-15H2,1-5H3,(H,23,24)/t20-/m0/s1. The molecule has 0 aliphatic heterocycles. The summed E-state index contributed by atoms with van der Waals surface area (Å²) in [5.41, 5.74) is 4.01. The molecular formula is C22H29NO3. The number of carbonyl (C=O) groups is 1. The zero-order valence-electron chi connectivity index (χ0n) is 16.3. The number of aryl methyl sites for hydroxylation is 2. The smallest absolute Gasteiger partial charge is 0.408 e. The van der Waals surface area contributed by atoms with Crippen molar-refractivity contribution in [3.63, 3.8) is 0 Å². The van der Waals surface area contributed by atoms with Crippen LogP contribution in [0.1, 0.15) is 49.1 Å². The summed E-state index contributed by atoms with van der Waals surface area (Å²) in [5, 5.41) is 2.91. The molecule has 1 atom stereocenters. The average Bonchev–Trinajstić information content (AvgIpc) is 2.52. The molecule has 0 fully saturated rings. The molecule has 4 nitrogen and oxygen atoms in total. The maximum absolute atomic E-state index is 12.2. The van der Waals surface area contributed by atoms with Crippen LogP contribution in [-0.2, 0) is 16.1 Å². The molecule has 0 aromatic heterocycles. The Morgan fingerprint density at radius 3 is 2.23 bits per heavy atom. The summed E-state index contributed by atoms with van der Waals surface area (Å²) in [6.45, 7) is 10.6. The molecule has 1 N–H and O–H groups in total. The van der Waals surface area contributed by atoms with Crippen LogP contribution in [-0.4, -0.2) is 18.3 Å². The lowest BCUT2D eigenvalue weighted by atomic mass is 10.1. The van der Waals surface area contributed by atoms with Crippen LogP contribution in [0.2, 0.25) is 0 Å². The van der Waals surface area contributed by atoms with Crippen LogP contribution in [0.4, 0.5) is 4.79 Å². The first-order valence-corrected chi connectivity index (χ1v) is 8.92. The average molecular weight is 355 g/mol. The highest BCUT2D eigenvalue weighted by molar-refractivity contribution is 5.68. The van der Waals surface area contributed by atoms with Gasteiger partial charge in [0.25, 0.3) is 0 Å². The molecule has 0 radical (unpaired) electrons. The van der Waals surface area contributed by atoms with Crippen LogP contribution in [0.5, 0.6) is 0 Å². The van der Waals surface area contributed by atoms with Gasteiger partial charge < -0.3 is 14.8 Å². The fourth-order valence-electron chi connectivity index (χ4n) is 2.80. The molecule has 4 heteroatoms. The van der Waals surface area contributed by atoms with Crippen molar-refractivity contribution in [3.05, 3.63) is 70.8 Å². The number of hydrogen-bond acceptors (Lipinski definition) is 3. The number of amides is 1. The van der Waals surface area contributed by atoms with Crippen molar-refractivity contribution in [3.8, 4) is 0 Å². The van der Waals surface area contributed by atoms with Crippen LogP contribution in [0.15, 0.2) is 48.5 Å². The maximum Gasteiger partial charge on any atom is 0.408 e. The van der Waals surface area contributed by atoms with Crippen molar-refractivity contribution in [1.29, 1.82) is 0 Å². The fraction of sp³-hybridized carbons (Fsp3) is 0.409. The molecule has 0 saturated carbocycles. The normalized spacial score (nSPS) is 12.5. The Morgan fingerprint density at radius 2 is 1.65 bits per heavy atom. The lowest BCUT2D eigenvalue weighted by Gasteiger charge is -2.24. The Labute approximate surface area is 156 Å². The lowest BCUT2D eigenvalue weighted by Crippen LogP contribution is -2.36. The molecule has 2 rings (SSSR count). The molecule has 2 aromatic rings. The van der Waals surface area contributed by atoms with Gasteiger partial charge in [0, 0.05) is 0 Å². The molecule has 1 amide bonds. The second kappa shape index (κ2) is 8.86. The van der Waals surface area contributed by atoms with Gasteiger partial charge in [-0.15, -0.1) is 0 Å². The largest absolute Gasteiger partial charge is 0.444 e. The number of hydrogen-bond donors (Lipinski definition) is 1. The Bertz CT molecular complexity index is 700. The predicted molar refractivity (Wildman–Crippen MR) is 104 cm³/mol. The van der Waals surface area contributed by atoms with E-state index in [9.17, 15) is 4.79 Å². The molecule has 0 spiro atoms. The van der Waals surface area contributed by atoms with Gasteiger partial charge in [-0.05, 0) is 45.7 Å². The number of alkyl carbamates (subject to hydrolysis) is 1. The zero-order chi connectivity index (χ0) is 19.2. The van der Waals surface area contributed by atoms with Crippen molar-refractivity contribution >= 4 is 6.09 Å². The van der Waals surface area contributed by atoms with E-state index in [-0.39, 0.29) is 6.04 Å². The van der Waals surface area contributed by atoms with Gasteiger partial charge in [-0.1, -0.05) is 59.7 Å². The van der Waals surface area contributed by atoms with Gasteiger partial charge in [-0.3, -0.25) is 0 Å². The topological polar surface area (TPSA) is 47.6 Å². The number of ether oxygens (including phenoxy) is 2. The van der Waals surface area contributed by atoms with Gasteiger partial charge in [0.2, 0.25) is 0 Å². The first-order valence-electron chi connectivity index (χ1n) is 8.92. The van der Waals surface area contributed by atoms with Crippen molar-refractivity contribution in [1.82, 2.24) is 5.32 Å². The highest BCUT2D eigenvalue weighted by Crippen LogP contribution is 2.17. The second-order valence-corrected chi connectivity index (χ2v) is 7.62. The number of carbonyl (C=O) groups excluding carboxylic acids is 1. The van der Waals surface area contributed by atoms with Crippen LogP contribution in [0, 0.1) is 13.8 Å². The minimum Gasteiger partial charge on any atom is -0.444 e. The first kappa shape index (κ1) is 20.0. The summed E-state index contributed by atoms with van der Waals surface area (Å²) in [4.78, 5) is 12.2. The third-order valence-electron chi connectivity index (χ3n) is 3.73. The van der Waals surface area contributed by atoms with Gasteiger partial charge in [0.1, 0.15) is 5.60 Å². The summed E-state index contributed by atoms with van der Waals surface area (Å²) in [7, 11) is 0. The molecule has 140 valence electrons. The second-order valence-electron chi connectivity index (χ2n) is 7.62. The van der Waals surface area contributed by atoms with E-state index in [0.29, 0.717) is 13.2 Å². The molecule has 0 bridgehead atoms. The number of benzene rings is 2. The maximum atomic E-state index is 12.2. The summed E-state index contributed by atoms with van der Waals surface area (Å²) < 4.78 is 11.3. The quantitative estimate of drug-likeness (QED) is 0.785. The fourth-order valence-corrected chi connectivity index (χ4v) is 2.80. The lowest BCUT2D eigenvalue weighted by molar-refractivity contribution is 0.0427. The highest BCUT2D eigenvalue weighted by atomic mass is 16.6. The van der Waals surface area contributed by atoms with Crippen molar-refractivity contribution in [2.45, 2.75) is 52.9 Å². The van der Waals surface area contributed by atoms with E-state index in [1.165, 1.54) is 11.1 Å². The summed E-state index contributed by atoms with van der Waals surface area (Å²) in [6, 6.07) is 15.9. The molecule has 0 aliphatic carbocycles. The molecule has 0 unspecified atom stereocenters. The van der Waals surface area contributed by atoms with E-state index in [2.05, 4.69) is 37.4 Å².